The van der Waals surface area contributed by atoms with E-state index in [9.17, 15) is 0 Å². The lowest BCUT2D eigenvalue weighted by Gasteiger charge is -2.22. The van der Waals surface area contributed by atoms with Crippen molar-refractivity contribution >= 4 is 11.8 Å². The van der Waals surface area contributed by atoms with Gasteiger partial charge in [-0.1, -0.05) is 0 Å². The zero-order chi connectivity index (χ0) is 10.3. The Kier molecular flexibility index (Phi) is 4.44. The quantitative estimate of drug-likeness (QED) is 0.736. The van der Waals surface area contributed by atoms with Crippen LogP contribution in [0, 0.1) is 0 Å². The first-order valence-corrected chi connectivity index (χ1v) is 6.20. The second-order valence-corrected chi connectivity index (χ2v) is 4.51. The van der Waals surface area contributed by atoms with Crippen LogP contribution in [-0.2, 0) is 9.47 Å². The molecule has 1 aliphatic rings. The third-order valence-electron chi connectivity index (χ3n) is 2.17. The zero-order valence-electron chi connectivity index (χ0n) is 8.59. The van der Waals surface area contributed by atoms with Gasteiger partial charge < -0.3 is 9.47 Å². The van der Waals surface area contributed by atoms with Gasteiger partial charge in [0.25, 0.3) is 0 Å². The van der Waals surface area contributed by atoms with Crippen LogP contribution in [0.3, 0.4) is 0 Å². The van der Waals surface area contributed by atoms with E-state index >= 15 is 0 Å². The second kappa shape index (κ2) is 6.10. The molecule has 0 spiro atoms. The number of nitrogens with zero attached hydrogens (tertiary/aromatic N) is 1. The number of pyridine rings is 1. The summed E-state index contributed by atoms with van der Waals surface area (Å²) >= 11 is 1.81. The van der Waals surface area contributed by atoms with E-state index in [2.05, 4.69) is 4.98 Å². The lowest BCUT2D eigenvalue weighted by Crippen LogP contribution is -2.25. The Morgan fingerprint density at radius 2 is 2.00 bits per heavy atom. The molecule has 15 heavy (non-hydrogen) atoms. The van der Waals surface area contributed by atoms with Crippen molar-refractivity contribution in [3.8, 4) is 0 Å². The zero-order valence-corrected chi connectivity index (χ0v) is 9.41. The Balaban J connectivity index is 1.66. The number of ether oxygens (including phenoxy) is 2. The Bertz CT molecular complexity index is 275. The predicted molar refractivity (Wildman–Crippen MR) is 59.9 cm³/mol. The van der Waals surface area contributed by atoms with Crippen molar-refractivity contribution in [3.05, 3.63) is 24.5 Å². The SMILES string of the molecule is c1cc(SCCC2OCCCO2)ccn1. The summed E-state index contributed by atoms with van der Waals surface area (Å²) in [7, 11) is 0. The molecule has 1 aromatic heterocycles. The summed E-state index contributed by atoms with van der Waals surface area (Å²) in [4.78, 5) is 5.23. The maximum atomic E-state index is 5.47. The van der Waals surface area contributed by atoms with Crippen LogP contribution in [0.5, 0.6) is 0 Å². The first kappa shape index (κ1) is 10.9. The summed E-state index contributed by atoms with van der Waals surface area (Å²) in [6, 6.07) is 4.04. The number of aromatic nitrogens is 1. The monoisotopic (exact) mass is 225 g/mol. The third-order valence-corrected chi connectivity index (χ3v) is 3.21. The van der Waals surface area contributed by atoms with Crippen molar-refractivity contribution in [1.82, 2.24) is 4.98 Å². The summed E-state index contributed by atoms with van der Waals surface area (Å²) < 4.78 is 10.9. The molecule has 1 fully saturated rings. The summed E-state index contributed by atoms with van der Waals surface area (Å²) in [6.45, 7) is 1.68. The fraction of sp³-hybridized carbons (Fsp3) is 0.545. The highest BCUT2D eigenvalue weighted by Crippen LogP contribution is 2.19. The molecule has 2 rings (SSSR count). The Labute approximate surface area is 94.2 Å². The van der Waals surface area contributed by atoms with Crippen molar-refractivity contribution < 1.29 is 9.47 Å². The summed E-state index contributed by atoms with van der Waals surface area (Å²) in [6.07, 6.45) is 5.61. The highest BCUT2D eigenvalue weighted by Gasteiger charge is 2.13. The van der Waals surface area contributed by atoms with Crippen LogP contribution in [0.4, 0.5) is 0 Å². The van der Waals surface area contributed by atoms with Crippen molar-refractivity contribution in [2.75, 3.05) is 19.0 Å². The van der Waals surface area contributed by atoms with Gasteiger partial charge in [-0.05, 0) is 18.6 Å². The van der Waals surface area contributed by atoms with Gasteiger partial charge in [0.05, 0.1) is 13.2 Å². The standard InChI is InChI=1S/C11H15NO2S/c1-7-13-11(14-8-1)4-9-15-10-2-5-12-6-3-10/h2-3,5-6,11H,1,4,7-9H2. The van der Waals surface area contributed by atoms with Crippen molar-refractivity contribution in [2.24, 2.45) is 0 Å². The first-order chi connectivity index (χ1) is 7.45. The summed E-state index contributed by atoms with van der Waals surface area (Å²) in [5, 5.41) is 0. The highest BCUT2D eigenvalue weighted by molar-refractivity contribution is 7.99. The Hall–Kier alpha value is -0.580. The molecule has 3 nitrogen and oxygen atoms in total. The van der Waals surface area contributed by atoms with E-state index < -0.39 is 0 Å². The molecule has 82 valence electrons. The van der Waals surface area contributed by atoms with Gasteiger partial charge in [0.15, 0.2) is 6.29 Å². The van der Waals surface area contributed by atoms with Crippen LogP contribution >= 0.6 is 11.8 Å². The van der Waals surface area contributed by atoms with Crippen LogP contribution in [0.2, 0.25) is 0 Å². The van der Waals surface area contributed by atoms with Crippen molar-refractivity contribution in [2.45, 2.75) is 24.0 Å². The third kappa shape index (κ3) is 3.81. The molecule has 4 heteroatoms. The minimum absolute atomic E-state index is 0.00749. The fourth-order valence-corrected chi connectivity index (χ4v) is 2.27. The molecular formula is C11H15NO2S. The smallest absolute Gasteiger partial charge is 0.158 e. The maximum absolute atomic E-state index is 5.47. The van der Waals surface area contributed by atoms with Crippen LogP contribution < -0.4 is 0 Å². The van der Waals surface area contributed by atoms with Gasteiger partial charge in [-0.15, -0.1) is 11.8 Å². The lowest BCUT2D eigenvalue weighted by atomic mass is 10.4. The largest absolute Gasteiger partial charge is 0.353 e. The molecular weight excluding hydrogens is 210 g/mol. The summed E-state index contributed by atoms with van der Waals surface area (Å²) in [5.41, 5.74) is 0. The Morgan fingerprint density at radius 1 is 1.27 bits per heavy atom. The molecule has 0 atom stereocenters. The van der Waals surface area contributed by atoms with E-state index in [-0.39, 0.29) is 6.29 Å². The first-order valence-electron chi connectivity index (χ1n) is 5.21. The van der Waals surface area contributed by atoms with Crippen LogP contribution in [0.15, 0.2) is 29.4 Å². The predicted octanol–water partition coefficient (Wildman–Crippen LogP) is 2.33. The molecule has 2 heterocycles. The normalized spacial score (nSPS) is 17.9. The molecule has 1 saturated heterocycles. The molecule has 0 aromatic carbocycles. The Morgan fingerprint density at radius 3 is 2.73 bits per heavy atom. The van der Waals surface area contributed by atoms with Crippen molar-refractivity contribution in [1.29, 1.82) is 0 Å². The number of hydrogen-bond acceptors (Lipinski definition) is 4. The average molecular weight is 225 g/mol. The molecule has 0 radical (unpaired) electrons. The van der Waals surface area contributed by atoms with E-state index in [0.29, 0.717) is 0 Å². The van der Waals surface area contributed by atoms with E-state index in [0.717, 1.165) is 31.8 Å². The van der Waals surface area contributed by atoms with Gasteiger partial charge in [-0.3, -0.25) is 4.98 Å². The van der Waals surface area contributed by atoms with Gasteiger partial charge in [0, 0.05) is 29.5 Å². The second-order valence-electron chi connectivity index (χ2n) is 3.34. The minimum atomic E-state index is 0.00749. The maximum Gasteiger partial charge on any atom is 0.158 e. The minimum Gasteiger partial charge on any atom is -0.353 e. The molecule has 1 aliphatic heterocycles. The van der Waals surface area contributed by atoms with E-state index in [1.807, 2.05) is 36.3 Å². The number of thioether (sulfide) groups is 1. The van der Waals surface area contributed by atoms with Gasteiger partial charge in [-0.2, -0.15) is 0 Å². The average Bonchev–Trinajstić information content (AvgIpc) is 2.32. The van der Waals surface area contributed by atoms with Gasteiger partial charge in [0.1, 0.15) is 0 Å². The van der Waals surface area contributed by atoms with Crippen LogP contribution in [0.1, 0.15) is 12.8 Å². The summed E-state index contributed by atoms with van der Waals surface area (Å²) in [5.74, 6) is 1.02. The van der Waals surface area contributed by atoms with E-state index in [1.165, 1.54) is 4.90 Å². The molecule has 0 N–H and O–H groups in total. The van der Waals surface area contributed by atoms with Gasteiger partial charge in [0.2, 0.25) is 0 Å². The molecule has 0 aliphatic carbocycles. The topological polar surface area (TPSA) is 31.4 Å². The molecule has 0 amide bonds. The molecule has 0 saturated carbocycles. The van der Waals surface area contributed by atoms with Crippen LogP contribution in [0.25, 0.3) is 0 Å². The number of rotatable bonds is 4. The molecule has 0 bridgehead atoms. The van der Waals surface area contributed by atoms with Crippen LogP contribution in [-0.4, -0.2) is 30.2 Å². The van der Waals surface area contributed by atoms with Gasteiger partial charge >= 0.3 is 0 Å². The molecule has 1 aromatic rings. The van der Waals surface area contributed by atoms with E-state index in [1.54, 1.807) is 0 Å². The van der Waals surface area contributed by atoms with E-state index in [4.69, 9.17) is 9.47 Å². The van der Waals surface area contributed by atoms with Crippen molar-refractivity contribution in [3.63, 3.8) is 0 Å². The highest BCUT2D eigenvalue weighted by atomic mass is 32.2. The van der Waals surface area contributed by atoms with Gasteiger partial charge in [-0.25, -0.2) is 0 Å². The number of hydrogen-bond donors (Lipinski definition) is 0. The fourth-order valence-electron chi connectivity index (χ4n) is 1.41. The lowest BCUT2D eigenvalue weighted by molar-refractivity contribution is -0.178. The molecule has 0 unspecified atom stereocenters.